The van der Waals surface area contributed by atoms with Crippen LogP contribution in [0.5, 0.6) is 0 Å². The van der Waals surface area contributed by atoms with Gasteiger partial charge in [0.25, 0.3) is 11.5 Å². The Labute approximate surface area is 208 Å². The summed E-state index contributed by atoms with van der Waals surface area (Å²) in [7, 11) is -4.64. The van der Waals surface area contributed by atoms with Crippen molar-refractivity contribution in [1.29, 1.82) is 0 Å². The summed E-state index contributed by atoms with van der Waals surface area (Å²) in [5.41, 5.74) is 6.40. The van der Waals surface area contributed by atoms with E-state index in [1.54, 1.807) is 12.1 Å². The van der Waals surface area contributed by atoms with E-state index in [1.165, 1.54) is 12.1 Å². The van der Waals surface area contributed by atoms with Gasteiger partial charge in [0, 0.05) is 30.8 Å². The van der Waals surface area contributed by atoms with E-state index in [4.69, 9.17) is 35.2 Å². The molecule has 17 nitrogen and oxygen atoms in total. The van der Waals surface area contributed by atoms with Crippen molar-refractivity contribution in [3.05, 3.63) is 40.2 Å². The van der Waals surface area contributed by atoms with Crippen molar-refractivity contribution >= 4 is 48.8 Å². The van der Waals surface area contributed by atoms with Crippen molar-refractivity contribution < 1.29 is 43.8 Å². The lowest BCUT2D eigenvalue weighted by Gasteiger charge is -2.27. The molecule has 3 rings (SSSR count). The summed E-state index contributed by atoms with van der Waals surface area (Å²) in [6.45, 7) is 0.960. The summed E-state index contributed by atoms with van der Waals surface area (Å²) in [5.74, 6) is -2.64. The number of hydrogen-bond acceptors (Lipinski definition) is 10. The number of H-pyrrole nitrogens is 1. The summed E-state index contributed by atoms with van der Waals surface area (Å²) in [6.07, 6.45) is -0.587. The van der Waals surface area contributed by atoms with Gasteiger partial charge in [0.1, 0.15) is 11.7 Å². The van der Waals surface area contributed by atoms with Crippen molar-refractivity contribution in [1.82, 2.24) is 15.3 Å². The Balaban J connectivity index is 0.000000877. The third-order valence-electron chi connectivity index (χ3n) is 4.75. The van der Waals surface area contributed by atoms with Crippen molar-refractivity contribution in [2.24, 2.45) is 0 Å². The normalized spacial score (nSPS) is 14.9. The fourth-order valence-electron chi connectivity index (χ4n) is 3.10. The fraction of sp³-hybridized carbons (Fsp3) is 0.316. The monoisotopic (exact) mass is 543 g/mol. The predicted octanol–water partition coefficient (Wildman–Crippen LogP) is -1.21. The lowest BCUT2D eigenvalue weighted by atomic mass is 10.1. The molecule has 2 aromatic rings. The molecule has 1 aliphatic heterocycles. The number of rotatable bonds is 9. The quantitative estimate of drug-likeness (QED) is 0.165. The molecule has 0 aliphatic carbocycles. The van der Waals surface area contributed by atoms with Crippen molar-refractivity contribution in [2.75, 3.05) is 34.8 Å². The lowest BCUT2D eigenvalue weighted by Crippen LogP contribution is -2.41. The minimum Gasteiger partial charge on any atom is -0.481 e. The topological polar surface area (TPSA) is 289 Å². The highest BCUT2D eigenvalue weighted by Gasteiger charge is 2.23. The van der Waals surface area contributed by atoms with E-state index in [0.29, 0.717) is 30.3 Å². The van der Waals surface area contributed by atoms with Crippen LogP contribution in [0.25, 0.3) is 0 Å². The summed E-state index contributed by atoms with van der Waals surface area (Å²) in [4.78, 5) is 74.2. The number of nitrogens with zero attached hydrogens (tertiary/aromatic N) is 1. The maximum absolute atomic E-state index is 12.3. The number of aliphatic carboxylic acids is 2. The van der Waals surface area contributed by atoms with Crippen molar-refractivity contribution in [2.45, 2.75) is 24.9 Å². The fourth-order valence-corrected chi connectivity index (χ4v) is 3.10. The van der Waals surface area contributed by atoms with Crippen LogP contribution in [0.15, 0.2) is 29.1 Å². The Morgan fingerprint density at radius 1 is 1.16 bits per heavy atom. The zero-order valence-corrected chi connectivity index (χ0v) is 19.9. The number of amides is 1. The zero-order chi connectivity index (χ0) is 27.8. The molecule has 0 saturated carbocycles. The first kappa shape index (κ1) is 29.1. The molecule has 1 aromatic carbocycles. The first-order valence-electron chi connectivity index (χ1n) is 10.5. The molecule has 202 valence electrons. The van der Waals surface area contributed by atoms with E-state index in [-0.39, 0.29) is 36.0 Å². The molecule has 2 unspecified atom stereocenters. The average molecular weight is 543 g/mol. The molecule has 2 heterocycles. The van der Waals surface area contributed by atoms with Gasteiger partial charge in [-0.3, -0.25) is 19.4 Å². The molecule has 0 spiro atoms. The van der Waals surface area contributed by atoms with Crippen LogP contribution in [0, 0.1) is 0 Å². The Kier molecular flexibility index (Phi) is 9.96. The summed E-state index contributed by atoms with van der Waals surface area (Å²) >= 11 is 0. The van der Waals surface area contributed by atoms with Crippen molar-refractivity contribution in [3.63, 3.8) is 0 Å². The highest BCUT2D eigenvalue weighted by Crippen LogP contribution is 2.25. The molecule has 0 saturated heterocycles. The van der Waals surface area contributed by atoms with Gasteiger partial charge in [0.2, 0.25) is 5.95 Å². The van der Waals surface area contributed by atoms with Gasteiger partial charge in [-0.2, -0.15) is 4.98 Å². The number of nitrogen functional groups attached to an aromatic ring is 1. The number of nitrogens with two attached hydrogens (primary N) is 1. The largest absolute Gasteiger partial charge is 0.481 e. The number of carboxylic acids is 2. The number of hydrogen-bond donors (Lipinski definition) is 11. The maximum Gasteiger partial charge on any atom is 0.466 e. The van der Waals surface area contributed by atoms with Gasteiger partial charge in [-0.1, -0.05) is 0 Å². The number of aromatic amines is 1. The highest BCUT2D eigenvalue weighted by atomic mass is 31.2. The van der Waals surface area contributed by atoms with Gasteiger partial charge in [-0.15, -0.1) is 0 Å². The molecule has 1 aromatic heterocycles. The number of anilines is 4. The zero-order valence-electron chi connectivity index (χ0n) is 19.0. The van der Waals surface area contributed by atoms with Crippen LogP contribution >= 0.6 is 7.82 Å². The minimum atomic E-state index is -4.64. The molecule has 37 heavy (non-hydrogen) atoms. The first-order valence-corrected chi connectivity index (χ1v) is 12.1. The lowest BCUT2D eigenvalue weighted by molar-refractivity contribution is -0.140. The molecular weight excluding hydrogens is 517 g/mol. The van der Waals surface area contributed by atoms with Crippen LogP contribution in [0.4, 0.5) is 23.1 Å². The van der Waals surface area contributed by atoms with Gasteiger partial charge in [-0.25, -0.2) is 9.36 Å². The summed E-state index contributed by atoms with van der Waals surface area (Å²) in [6, 6.07) is 4.93. The molecule has 0 fully saturated rings. The van der Waals surface area contributed by atoms with Gasteiger partial charge in [0.15, 0.2) is 5.82 Å². The van der Waals surface area contributed by atoms with Crippen LogP contribution in [-0.2, 0) is 14.2 Å². The molecule has 1 amide bonds. The molecule has 2 atom stereocenters. The second kappa shape index (κ2) is 12.7. The number of phosphoric acid groups is 1. The van der Waals surface area contributed by atoms with E-state index in [2.05, 4.69) is 31.2 Å². The van der Waals surface area contributed by atoms with Gasteiger partial charge >= 0.3 is 19.8 Å². The average Bonchev–Trinajstić information content (AvgIpc) is 2.79. The van der Waals surface area contributed by atoms with Crippen LogP contribution < -0.4 is 32.6 Å². The van der Waals surface area contributed by atoms with Crippen molar-refractivity contribution in [3.8, 4) is 0 Å². The molecule has 12 N–H and O–H groups in total. The molecule has 0 bridgehead atoms. The van der Waals surface area contributed by atoms with Crippen LogP contribution in [0.1, 0.15) is 23.2 Å². The van der Waals surface area contributed by atoms with Crippen LogP contribution in [0.2, 0.25) is 0 Å². The maximum atomic E-state index is 12.3. The number of carbonyl (C=O) groups is 3. The van der Waals surface area contributed by atoms with Gasteiger partial charge < -0.3 is 51.9 Å². The number of carboxylic acid groups (broad SMARTS) is 2. The number of fused-ring (bicyclic) bond motifs is 1. The third-order valence-corrected chi connectivity index (χ3v) is 4.75. The molecule has 1 aliphatic rings. The van der Waals surface area contributed by atoms with E-state index in [9.17, 15) is 19.2 Å². The third kappa shape index (κ3) is 10.1. The van der Waals surface area contributed by atoms with Crippen LogP contribution in [0.3, 0.4) is 0 Å². The highest BCUT2D eigenvalue weighted by molar-refractivity contribution is 7.45. The minimum absolute atomic E-state index is 0.0281. The predicted molar refractivity (Wildman–Crippen MR) is 130 cm³/mol. The van der Waals surface area contributed by atoms with E-state index in [1.807, 2.05) is 0 Å². The number of carbonyl (C=O) groups excluding carboxylic acids is 1. The molecule has 18 heteroatoms. The number of aromatic nitrogens is 2. The first-order chi connectivity index (χ1) is 17.2. The molecule has 0 radical (unpaired) electrons. The van der Waals surface area contributed by atoms with E-state index in [0.717, 1.165) is 0 Å². The molecular formula is C19H26N7O10P. The smallest absolute Gasteiger partial charge is 0.466 e. The van der Waals surface area contributed by atoms with Gasteiger partial charge in [-0.05, 0) is 30.7 Å². The van der Waals surface area contributed by atoms with Gasteiger partial charge in [0.05, 0.1) is 6.04 Å². The summed E-state index contributed by atoms with van der Waals surface area (Å²) < 4.78 is 8.88. The number of benzene rings is 1. The Hall–Kier alpha value is -4.18. The second-order valence-electron chi connectivity index (χ2n) is 7.67. The Bertz CT molecular complexity index is 1220. The summed E-state index contributed by atoms with van der Waals surface area (Å²) in [5, 5.41) is 29.5. The second-order valence-corrected chi connectivity index (χ2v) is 8.69. The van der Waals surface area contributed by atoms with E-state index >= 15 is 0 Å². The van der Waals surface area contributed by atoms with E-state index < -0.39 is 31.7 Å². The Morgan fingerprint density at radius 3 is 2.35 bits per heavy atom. The Morgan fingerprint density at radius 2 is 1.78 bits per heavy atom. The standard InChI is InChI=1S/C19H23N7O6.H3O4P/c20-19-25-15-14(17(30)26-19)23-11(8-22-15)7-21-10-3-1-9(2-4-10)16(29)24-12(18(31)32)5-6-13(27)28;1-5(2,3)4/h1-4,11-12,21,23H,5-8H2,(H,24,29)(H,27,28)(H,31,32)(H4,20,22,25,26,30);(H3,1,2,3,4). The van der Waals surface area contributed by atoms with Crippen LogP contribution in [-0.4, -0.2) is 77.9 Å². The SMILES string of the molecule is Nc1nc2c(c(=O)[nH]1)NC(CNc1ccc(C(=O)NC(CCC(=O)O)C(=O)O)cc1)CN2.O=P(O)(O)O. The number of nitrogens with one attached hydrogen (secondary N) is 5.